The third kappa shape index (κ3) is 3.77. The summed E-state index contributed by atoms with van der Waals surface area (Å²) in [5, 5.41) is 8.59. The molecule has 0 aliphatic carbocycles. The van der Waals surface area contributed by atoms with E-state index < -0.39 is 0 Å². The summed E-state index contributed by atoms with van der Waals surface area (Å²) in [4.78, 5) is 14.5. The van der Waals surface area contributed by atoms with Crippen molar-refractivity contribution in [2.45, 2.75) is 25.9 Å². The van der Waals surface area contributed by atoms with Crippen molar-refractivity contribution < 1.29 is 9.53 Å². The van der Waals surface area contributed by atoms with Gasteiger partial charge in [-0.2, -0.15) is 10.2 Å². The molecule has 136 valence electrons. The number of rotatable bonds is 7. The van der Waals surface area contributed by atoms with Crippen LogP contribution in [0.2, 0.25) is 0 Å². The van der Waals surface area contributed by atoms with E-state index in [1.54, 1.807) is 40.8 Å². The largest absolute Gasteiger partial charge is 0.497 e. The van der Waals surface area contributed by atoms with Gasteiger partial charge in [0.15, 0.2) is 0 Å². The number of carbonyl (C=O) groups excluding carboxylic acids is 1. The van der Waals surface area contributed by atoms with Gasteiger partial charge in [0.05, 0.1) is 19.0 Å². The van der Waals surface area contributed by atoms with Crippen molar-refractivity contribution in [3.63, 3.8) is 0 Å². The van der Waals surface area contributed by atoms with Crippen LogP contribution in [0.5, 0.6) is 5.75 Å². The van der Waals surface area contributed by atoms with E-state index in [0.717, 1.165) is 17.0 Å². The van der Waals surface area contributed by atoms with Crippen LogP contribution in [0, 0.1) is 0 Å². The smallest absolute Gasteiger partial charge is 0.247 e. The molecule has 0 aliphatic rings. The van der Waals surface area contributed by atoms with Gasteiger partial charge in [0.1, 0.15) is 11.8 Å². The lowest BCUT2D eigenvalue weighted by atomic mass is 10.2. The van der Waals surface area contributed by atoms with E-state index in [9.17, 15) is 4.79 Å². The predicted molar refractivity (Wildman–Crippen MR) is 98.1 cm³/mol. The summed E-state index contributed by atoms with van der Waals surface area (Å²) in [6.07, 6.45) is 7.90. The number of aromatic nitrogens is 4. The minimum atomic E-state index is -0.288. The maximum Gasteiger partial charge on any atom is 0.247 e. The molecule has 0 N–H and O–H groups in total. The quantitative estimate of drug-likeness (QED) is 0.655. The normalized spacial score (nSPS) is 12.0. The number of ether oxygens (including phenoxy) is 1. The molecule has 7 nitrogen and oxygen atoms in total. The number of carbonyl (C=O) groups is 1. The van der Waals surface area contributed by atoms with E-state index in [1.807, 2.05) is 49.6 Å². The monoisotopic (exact) mass is 353 g/mol. The SMILES string of the molecule is CCC(C(=O)N(C)Cc1cnn(-c2cccc(OC)c2)c1)n1cccn1. The first-order valence-electron chi connectivity index (χ1n) is 8.54. The number of methoxy groups -OCH3 is 1. The Morgan fingerprint density at radius 3 is 2.85 bits per heavy atom. The molecular formula is C19H23N5O2. The second-order valence-electron chi connectivity index (χ2n) is 6.10. The molecule has 0 bridgehead atoms. The molecule has 26 heavy (non-hydrogen) atoms. The second kappa shape index (κ2) is 7.86. The highest BCUT2D eigenvalue weighted by atomic mass is 16.5. The van der Waals surface area contributed by atoms with Gasteiger partial charge >= 0.3 is 0 Å². The van der Waals surface area contributed by atoms with Crippen molar-refractivity contribution in [2.24, 2.45) is 0 Å². The van der Waals surface area contributed by atoms with Crippen molar-refractivity contribution in [3.05, 3.63) is 60.7 Å². The molecule has 0 radical (unpaired) electrons. The van der Waals surface area contributed by atoms with Gasteiger partial charge < -0.3 is 9.64 Å². The third-order valence-electron chi connectivity index (χ3n) is 4.27. The van der Waals surface area contributed by atoms with Crippen LogP contribution >= 0.6 is 0 Å². The van der Waals surface area contributed by atoms with Crippen LogP contribution in [0.1, 0.15) is 24.9 Å². The van der Waals surface area contributed by atoms with Gasteiger partial charge in [-0.1, -0.05) is 13.0 Å². The van der Waals surface area contributed by atoms with Gasteiger partial charge in [-0.25, -0.2) is 4.68 Å². The van der Waals surface area contributed by atoms with Crippen LogP contribution in [0.3, 0.4) is 0 Å². The predicted octanol–water partition coefficient (Wildman–Crippen LogP) is 2.69. The summed E-state index contributed by atoms with van der Waals surface area (Å²) < 4.78 is 8.74. The summed E-state index contributed by atoms with van der Waals surface area (Å²) in [6, 6.07) is 9.22. The van der Waals surface area contributed by atoms with Gasteiger partial charge in [0.2, 0.25) is 5.91 Å². The van der Waals surface area contributed by atoms with Gasteiger partial charge in [0.25, 0.3) is 0 Å². The Labute approximate surface area is 152 Å². The van der Waals surface area contributed by atoms with Crippen LogP contribution < -0.4 is 4.74 Å². The zero-order valence-corrected chi connectivity index (χ0v) is 15.2. The summed E-state index contributed by atoms with van der Waals surface area (Å²) in [5.74, 6) is 0.808. The van der Waals surface area contributed by atoms with Crippen molar-refractivity contribution >= 4 is 5.91 Å². The minimum Gasteiger partial charge on any atom is -0.497 e. The Kier molecular flexibility index (Phi) is 5.36. The Hall–Kier alpha value is -3.09. The zero-order chi connectivity index (χ0) is 18.5. The molecule has 3 rings (SSSR count). The number of hydrogen-bond donors (Lipinski definition) is 0. The van der Waals surface area contributed by atoms with Crippen molar-refractivity contribution in [3.8, 4) is 11.4 Å². The molecule has 1 aromatic carbocycles. The molecule has 1 unspecified atom stereocenters. The van der Waals surface area contributed by atoms with Gasteiger partial charge in [0, 0.05) is 43.8 Å². The van der Waals surface area contributed by atoms with Crippen LogP contribution in [-0.4, -0.2) is 44.5 Å². The lowest BCUT2D eigenvalue weighted by molar-refractivity contribution is -0.134. The maximum absolute atomic E-state index is 12.8. The van der Waals surface area contributed by atoms with E-state index >= 15 is 0 Å². The van der Waals surface area contributed by atoms with Gasteiger partial charge in [-0.3, -0.25) is 9.48 Å². The van der Waals surface area contributed by atoms with Crippen molar-refractivity contribution in [1.82, 2.24) is 24.5 Å². The number of hydrogen-bond acceptors (Lipinski definition) is 4. The Balaban J connectivity index is 1.71. The molecular weight excluding hydrogens is 330 g/mol. The molecule has 2 aromatic heterocycles. The molecule has 0 fully saturated rings. The second-order valence-corrected chi connectivity index (χ2v) is 6.10. The maximum atomic E-state index is 12.8. The lowest BCUT2D eigenvalue weighted by Gasteiger charge is -2.22. The first-order valence-corrected chi connectivity index (χ1v) is 8.54. The molecule has 0 spiro atoms. The van der Waals surface area contributed by atoms with Crippen LogP contribution in [-0.2, 0) is 11.3 Å². The van der Waals surface area contributed by atoms with E-state index in [-0.39, 0.29) is 11.9 Å². The molecule has 7 heteroatoms. The van der Waals surface area contributed by atoms with E-state index in [0.29, 0.717) is 13.0 Å². The van der Waals surface area contributed by atoms with Gasteiger partial charge in [-0.15, -0.1) is 0 Å². The first kappa shape index (κ1) is 17.7. The fraction of sp³-hybridized carbons (Fsp3) is 0.316. The summed E-state index contributed by atoms with van der Waals surface area (Å²) in [7, 11) is 3.44. The van der Waals surface area contributed by atoms with Crippen molar-refractivity contribution in [1.29, 1.82) is 0 Å². The molecule has 2 heterocycles. The number of nitrogens with zero attached hydrogens (tertiary/aromatic N) is 5. The summed E-state index contributed by atoms with van der Waals surface area (Å²) >= 11 is 0. The van der Waals surface area contributed by atoms with Gasteiger partial charge in [-0.05, 0) is 24.6 Å². The molecule has 0 aliphatic heterocycles. The average Bonchev–Trinajstić information content (AvgIpc) is 3.34. The number of benzene rings is 1. The zero-order valence-electron chi connectivity index (χ0n) is 15.2. The molecule has 0 saturated carbocycles. The highest BCUT2D eigenvalue weighted by molar-refractivity contribution is 5.80. The fourth-order valence-electron chi connectivity index (χ4n) is 2.88. The standard InChI is InChI=1S/C19H23N5O2/c1-4-18(23-10-6-9-20-23)19(25)22(2)13-15-12-21-24(14-15)16-7-5-8-17(11-16)26-3/h5-12,14,18H,4,13H2,1-3H3. The van der Waals surface area contributed by atoms with Crippen LogP contribution in [0.25, 0.3) is 5.69 Å². The number of likely N-dealkylation sites (N-methyl/N-ethyl adjacent to an activating group) is 1. The highest BCUT2D eigenvalue weighted by Crippen LogP contribution is 2.18. The lowest BCUT2D eigenvalue weighted by Crippen LogP contribution is -2.34. The molecule has 3 aromatic rings. The van der Waals surface area contributed by atoms with Crippen LogP contribution in [0.15, 0.2) is 55.1 Å². The fourth-order valence-corrected chi connectivity index (χ4v) is 2.88. The third-order valence-corrected chi connectivity index (χ3v) is 4.27. The molecule has 1 amide bonds. The topological polar surface area (TPSA) is 65.2 Å². The molecule has 1 atom stereocenters. The van der Waals surface area contributed by atoms with E-state index in [2.05, 4.69) is 10.2 Å². The number of amides is 1. The average molecular weight is 353 g/mol. The van der Waals surface area contributed by atoms with E-state index in [4.69, 9.17) is 4.74 Å². The Morgan fingerprint density at radius 2 is 2.15 bits per heavy atom. The Bertz CT molecular complexity index is 856. The van der Waals surface area contributed by atoms with Crippen LogP contribution in [0.4, 0.5) is 0 Å². The van der Waals surface area contributed by atoms with Crippen molar-refractivity contribution in [2.75, 3.05) is 14.2 Å². The summed E-state index contributed by atoms with van der Waals surface area (Å²) in [6.45, 7) is 2.47. The minimum absolute atomic E-state index is 0.0327. The van der Waals surface area contributed by atoms with E-state index in [1.165, 1.54) is 0 Å². The Morgan fingerprint density at radius 1 is 1.31 bits per heavy atom. The summed E-state index contributed by atoms with van der Waals surface area (Å²) in [5.41, 5.74) is 1.87. The highest BCUT2D eigenvalue weighted by Gasteiger charge is 2.22. The first-order chi connectivity index (χ1) is 12.6. The molecule has 0 saturated heterocycles.